The highest BCUT2D eigenvalue weighted by Crippen LogP contribution is 2.18. The quantitative estimate of drug-likeness (QED) is 0.852. The molecule has 0 aliphatic carbocycles. The minimum atomic E-state index is -3.75. The summed E-state index contributed by atoms with van der Waals surface area (Å²) in [5.41, 5.74) is 0. The zero-order valence-corrected chi connectivity index (χ0v) is 11.3. The molecule has 0 aromatic carbocycles. The molecule has 8 heteroatoms. The summed E-state index contributed by atoms with van der Waals surface area (Å²) >= 11 is 5.69. The van der Waals surface area contributed by atoms with Gasteiger partial charge in [-0.05, 0) is 6.07 Å². The van der Waals surface area contributed by atoms with Crippen LogP contribution in [0.1, 0.15) is 13.3 Å². The van der Waals surface area contributed by atoms with E-state index in [0.717, 1.165) is 4.31 Å². The molecule has 0 atom stereocenters. The van der Waals surface area contributed by atoms with E-state index >= 15 is 0 Å². The highest BCUT2D eigenvalue weighted by molar-refractivity contribution is 7.89. The molecule has 1 aromatic rings. The smallest absolute Gasteiger partial charge is 0.304 e. The second kappa shape index (κ2) is 6.12. The molecule has 0 saturated carbocycles. The molecule has 1 heterocycles. The van der Waals surface area contributed by atoms with Gasteiger partial charge in [0, 0.05) is 25.5 Å². The summed E-state index contributed by atoms with van der Waals surface area (Å²) in [6.07, 6.45) is 2.26. The Morgan fingerprint density at radius 3 is 2.67 bits per heavy atom. The van der Waals surface area contributed by atoms with Gasteiger partial charge in [0.2, 0.25) is 10.0 Å². The van der Waals surface area contributed by atoms with Crippen LogP contribution in [0.15, 0.2) is 23.4 Å². The summed E-state index contributed by atoms with van der Waals surface area (Å²) in [5, 5.41) is 8.80. The van der Waals surface area contributed by atoms with E-state index in [2.05, 4.69) is 4.98 Å². The SMILES string of the molecule is CCN(CCC(=O)O)S(=O)(=O)c1cncc(Cl)c1. The van der Waals surface area contributed by atoms with Crippen molar-refractivity contribution in [3.8, 4) is 0 Å². The molecule has 0 aliphatic rings. The third-order valence-electron chi connectivity index (χ3n) is 2.25. The van der Waals surface area contributed by atoms with Gasteiger partial charge in [-0.15, -0.1) is 0 Å². The van der Waals surface area contributed by atoms with Gasteiger partial charge >= 0.3 is 5.97 Å². The first-order chi connectivity index (χ1) is 8.37. The number of aromatic nitrogens is 1. The van der Waals surface area contributed by atoms with Crippen LogP contribution in [-0.2, 0) is 14.8 Å². The maximum absolute atomic E-state index is 12.2. The van der Waals surface area contributed by atoms with Crippen LogP contribution in [0.3, 0.4) is 0 Å². The van der Waals surface area contributed by atoms with Crippen LogP contribution in [-0.4, -0.2) is 41.9 Å². The highest BCUT2D eigenvalue weighted by Gasteiger charge is 2.24. The van der Waals surface area contributed by atoms with Crippen molar-refractivity contribution in [3.63, 3.8) is 0 Å². The van der Waals surface area contributed by atoms with Gasteiger partial charge < -0.3 is 5.11 Å². The number of carboxylic acids is 1. The lowest BCUT2D eigenvalue weighted by atomic mass is 10.4. The van der Waals surface area contributed by atoms with Crippen LogP contribution < -0.4 is 0 Å². The molecule has 18 heavy (non-hydrogen) atoms. The van der Waals surface area contributed by atoms with Gasteiger partial charge in [-0.25, -0.2) is 8.42 Å². The average molecular weight is 293 g/mol. The zero-order valence-electron chi connectivity index (χ0n) is 9.71. The Balaban J connectivity index is 2.99. The molecular weight excluding hydrogens is 280 g/mol. The lowest BCUT2D eigenvalue weighted by Crippen LogP contribution is -2.33. The predicted octanol–water partition coefficient (Wildman–Crippen LogP) is 1.22. The van der Waals surface area contributed by atoms with Crippen LogP contribution in [0.25, 0.3) is 0 Å². The zero-order chi connectivity index (χ0) is 13.8. The monoisotopic (exact) mass is 292 g/mol. The second-order valence-electron chi connectivity index (χ2n) is 3.48. The van der Waals surface area contributed by atoms with Crippen molar-refractivity contribution in [3.05, 3.63) is 23.5 Å². The fourth-order valence-electron chi connectivity index (χ4n) is 1.35. The molecule has 0 unspecified atom stereocenters. The number of rotatable bonds is 6. The van der Waals surface area contributed by atoms with Gasteiger partial charge in [-0.2, -0.15) is 4.31 Å². The molecule has 1 N–H and O–H groups in total. The van der Waals surface area contributed by atoms with Gasteiger partial charge in [0.1, 0.15) is 4.90 Å². The fourth-order valence-corrected chi connectivity index (χ4v) is 3.03. The number of halogens is 1. The van der Waals surface area contributed by atoms with E-state index in [1.807, 2.05) is 0 Å². The van der Waals surface area contributed by atoms with Crippen molar-refractivity contribution in [2.75, 3.05) is 13.1 Å². The summed E-state index contributed by atoms with van der Waals surface area (Å²) < 4.78 is 25.4. The van der Waals surface area contributed by atoms with Crippen molar-refractivity contribution >= 4 is 27.6 Å². The van der Waals surface area contributed by atoms with Crippen LogP contribution in [0, 0.1) is 0 Å². The van der Waals surface area contributed by atoms with Gasteiger partial charge in [0.25, 0.3) is 0 Å². The minimum absolute atomic E-state index is 0.0396. The van der Waals surface area contributed by atoms with E-state index in [-0.39, 0.29) is 29.4 Å². The molecule has 0 saturated heterocycles. The summed E-state index contributed by atoms with van der Waals surface area (Å²) in [7, 11) is -3.75. The average Bonchev–Trinajstić information content (AvgIpc) is 2.29. The minimum Gasteiger partial charge on any atom is -0.481 e. The van der Waals surface area contributed by atoms with Crippen LogP contribution >= 0.6 is 11.6 Å². The third-order valence-corrected chi connectivity index (χ3v) is 4.39. The summed E-state index contributed by atoms with van der Waals surface area (Å²) in [5.74, 6) is -1.05. The molecule has 0 radical (unpaired) electrons. The first-order valence-electron chi connectivity index (χ1n) is 5.20. The lowest BCUT2D eigenvalue weighted by molar-refractivity contribution is -0.137. The first-order valence-corrected chi connectivity index (χ1v) is 7.02. The number of nitrogens with zero attached hydrogens (tertiary/aromatic N) is 2. The Labute approximate surface area is 110 Å². The fraction of sp³-hybridized carbons (Fsp3) is 0.400. The normalized spacial score (nSPS) is 11.7. The number of carbonyl (C=O) groups is 1. The number of hydrogen-bond acceptors (Lipinski definition) is 4. The van der Waals surface area contributed by atoms with Gasteiger partial charge in [0.15, 0.2) is 0 Å². The van der Waals surface area contributed by atoms with Crippen LogP contribution in [0.4, 0.5) is 0 Å². The van der Waals surface area contributed by atoms with Crippen LogP contribution in [0.2, 0.25) is 5.02 Å². The van der Waals surface area contributed by atoms with Crippen molar-refractivity contribution < 1.29 is 18.3 Å². The van der Waals surface area contributed by atoms with Gasteiger partial charge in [-0.3, -0.25) is 9.78 Å². The van der Waals surface area contributed by atoms with Gasteiger partial charge in [-0.1, -0.05) is 18.5 Å². The Kier molecular flexibility index (Phi) is 5.06. The Morgan fingerprint density at radius 1 is 1.50 bits per heavy atom. The molecular formula is C10H13ClN2O4S. The molecule has 0 spiro atoms. The molecule has 0 fully saturated rings. The van der Waals surface area contributed by atoms with E-state index in [1.54, 1.807) is 6.92 Å². The topological polar surface area (TPSA) is 87.6 Å². The maximum atomic E-state index is 12.2. The standard InChI is InChI=1S/C10H13ClN2O4S/c1-2-13(4-3-10(14)15)18(16,17)9-5-8(11)6-12-7-9/h5-7H,2-4H2,1H3,(H,14,15). The van der Waals surface area contributed by atoms with Crippen molar-refractivity contribution in [1.29, 1.82) is 0 Å². The Bertz CT molecular complexity index is 532. The molecule has 1 aromatic heterocycles. The molecule has 1 rings (SSSR count). The van der Waals surface area contributed by atoms with E-state index in [9.17, 15) is 13.2 Å². The summed E-state index contributed by atoms with van der Waals surface area (Å²) in [6, 6.07) is 1.29. The van der Waals surface area contributed by atoms with Crippen LogP contribution in [0.5, 0.6) is 0 Å². The summed E-state index contributed by atoms with van der Waals surface area (Å²) in [6.45, 7) is 1.74. The van der Waals surface area contributed by atoms with E-state index in [4.69, 9.17) is 16.7 Å². The number of sulfonamides is 1. The largest absolute Gasteiger partial charge is 0.481 e. The number of carboxylic acid groups (broad SMARTS) is 1. The van der Waals surface area contributed by atoms with Crippen molar-refractivity contribution in [2.45, 2.75) is 18.2 Å². The van der Waals surface area contributed by atoms with Crippen molar-refractivity contribution in [1.82, 2.24) is 9.29 Å². The summed E-state index contributed by atoms with van der Waals surface area (Å²) in [4.78, 5) is 14.2. The second-order valence-corrected chi connectivity index (χ2v) is 5.85. The lowest BCUT2D eigenvalue weighted by Gasteiger charge is -2.19. The molecule has 0 aliphatic heterocycles. The Morgan fingerprint density at radius 2 is 2.17 bits per heavy atom. The number of hydrogen-bond donors (Lipinski definition) is 1. The third kappa shape index (κ3) is 3.66. The van der Waals surface area contributed by atoms with E-state index in [1.165, 1.54) is 18.5 Å². The first kappa shape index (κ1) is 14.9. The van der Waals surface area contributed by atoms with Crippen molar-refractivity contribution in [2.24, 2.45) is 0 Å². The molecule has 0 amide bonds. The molecule has 100 valence electrons. The molecule has 6 nitrogen and oxygen atoms in total. The molecule has 0 bridgehead atoms. The number of pyridine rings is 1. The van der Waals surface area contributed by atoms with E-state index in [0.29, 0.717) is 0 Å². The maximum Gasteiger partial charge on any atom is 0.304 e. The van der Waals surface area contributed by atoms with E-state index < -0.39 is 16.0 Å². The van der Waals surface area contributed by atoms with Gasteiger partial charge in [0.05, 0.1) is 11.4 Å². The predicted molar refractivity (Wildman–Crippen MR) is 65.9 cm³/mol. The Hall–Kier alpha value is -1.18. The number of aliphatic carboxylic acids is 1. The highest BCUT2D eigenvalue weighted by atomic mass is 35.5.